The van der Waals surface area contributed by atoms with E-state index in [-0.39, 0.29) is 18.4 Å². The molecule has 9 nitrogen and oxygen atoms in total. The lowest BCUT2D eigenvalue weighted by molar-refractivity contribution is -0.141. The van der Waals surface area contributed by atoms with E-state index in [1.165, 1.54) is 27.5 Å². The van der Waals surface area contributed by atoms with Gasteiger partial charge in [0.25, 0.3) is 5.91 Å². The Morgan fingerprint density at radius 1 is 1.06 bits per heavy atom. The van der Waals surface area contributed by atoms with E-state index in [4.69, 9.17) is 14.2 Å². The molecule has 1 aromatic carbocycles. The first-order valence-electron chi connectivity index (χ1n) is 9.80. The third kappa shape index (κ3) is 4.76. The SMILES string of the molecule is COC(=O)C[C@@H](NC(=O)c1cnc2c(cnn2C(C)C)c1)c1ccc(OC)c(OC)c1. The number of hydrogen-bond donors (Lipinski definition) is 1. The highest BCUT2D eigenvalue weighted by molar-refractivity contribution is 5.97. The Labute approximate surface area is 180 Å². The van der Waals surface area contributed by atoms with Crippen molar-refractivity contribution in [3.63, 3.8) is 0 Å². The largest absolute Gasteiger partial charge is 0.493 e. The Hall–Kier alpha value is -3.62. The Balaban J connectivity index is 1.89. The molecule has 0 aliphatic rings. The number of aromatic nitrogens is 3. The molecule has 3 rings (SSSR count). The standard InChI is InChI=1S/C22H26N4O5/c1-13(2)26-21-15(12-24-26)8-16(11-23-21)22(28)25-17(10-20(27)31-5)14-6-7-18(29-3)19(9-14)30-4/h6-9,11-13,17H,10H2,1-5H3,(H,25,28)/t17-/m1/s1. The van der Waals surface area contributed by atoms with Crippen LogP contribution in [0.1, 0.15) is 48.3 Å². The molecule has 0 saturated heterocycles. The van der Waals surface area contributed by atoms with E-state index in [2.05, 4.69) is 15.4 Å². The molecule has 2 aromatic heterocycles. The van der Waals surface area contributed by atoms with E-state index >= 15 is 0 Å². The van der Waals surface area contributed by atoms with Gasteiger partial charge in [-0.15, -0.1) is 0 Å². The number of carbonyl (C=O) groups excluding carboxylic acids is 2. The fourth-order valence-corrected chi connectivity index (χ4v) is 3.26. The molecular formula is C22H26N4O5. The monoisotopic (exact) mass is 426 g/mol. The van der Waals surface area contributed by atoms with Crippen molar-refractivity contribution in [2.45, 2.75) is 32.4 Å². The predicted molar refractivity (Wildman–Crippen MR) is 114 cm³/mol. The lowest BCUT2D eigenvalue weighted by atomic mass is 10.0. The van der Waals surface area contributed by atoms with Crippen molar-refractivity contribution in [2.24, 2.45) is 0 Å². The minimum atomic E-state index is -0.631. The molecule has 1 amide bonds. The summed E-state index contributed by atoms with van der Waals surface area (Å²) in [7, 11) is 4.36. The third-order valence-electron chi connectivity index (χ3n) is 4.90. The van der Waals surface area contributed by atoms with E-state index in [0.29, 0.717) is 28.3 Å². The number of nitrogens with zero attached hydrogens (tertiary/aromatic N) is 3. The van der Waals surface area contributed by atoms with E-state index in [1.807, 2.05) is 13.8 Å². The Morgan fingerprint density at radius 3 is 2.45 bits per heavy atom. The van der Waals surface area contributed by atoms with Crippen molar-refractivity contribution < 1.29 is 23.8 Å². The highest BCUT2D eigenvalue weighted by Crippen LogP contribution is 2.31. The summed E-state index contributed by atoms with van der Waals surface area (Å²) in [6, 6.07) is 6.46. The van der Waals surface area contributed by atoms with Crippen LogP contribution in [-0.2, 0) is 9.53 Å². The summed E-state index contributed by atoms with van der Waals surface area (Å²) < 4.78 is 17.2. The third-order valence-corrected chi connectivity index (χ3v) is 4.90. The van der Waals surface area contributed by atoms with Crippen molar-refractivity contribution in [1.29, 1.82) is 0 Å². The number of hydrogen-bond acceptors (Lipinski definition) is 7. The van der Waals surface area contributed by atoms with Crippen LogP contribution in [0.5, 0.6) is 11.5 Å². The average Bonchev–Trinajstić information content (AvgIpc) is 3.21. The van der Waals surface area contributed by atoms with Gasteiger partial charge in [0.15, 0.2) is 17.1 Å². The number of methoxy groups -OCH3 is 3. The topological polar surface area (TPSA) is 105 Å². The molecular weight excluding hydrogens is 400 g/mol. The molecule has 0 fully saturated rings. The van der Waals surface area contributed by atoms with Gasteiger partial charge in [-0.05, 0) is 37.6 Å². The van der Waals surface area contributed by atoms with Gasteiger partial charge in [0.2, 0.25) is 0 Å². The van der Waals surface area contributed by atoms with Gasteiger partial charge in [-0.25, -0.2) is 9.67 Å². The summed E-state index contributed by atoms with van der Waals surface area (Å²) in [5.74, 6) is 0.224. The van der Waals surface area contributed by atoms with Gasteiger partial charge in [-0.1, -0.05) is 6.07 Å². The van der Waals surface area contributed by atoms with Crippen LogP contribution >= 0.6 is 0 Å². The van der Waals surface area contributed by atoms with Crippen molar-refractivity contribution in [2.75, 3.05) is 21.3 Å². The summed E-state index contributed by atoms with van der Waals surface area (Å²) in [6.07, 6.45) is 3.14. The van der Waals surface area contributed by atoms with Crippen molar-refractivity contribution in [3.05, 3.63) is 47.8 Å². The first-order valence-corrected chi connectivity index (χ1v) is 9.80. The second kappa shape index (κ2) is 9.46. The number of carbonyl (C=O) groups is 2. The van der Waals surface area contributed by atoms with Gasteiger partial charge in [0, 0.05) is 17.6 Å². The number of pyridine rings is 1. The van der Waals surface area contributed by atoms with E-state index in [1.54, 1.807) is 35.1 Å². The zero-order valence-corrected chi connectivity index (χ0v) is 18.2. The molecule has 1 atom stereocenters. The van der Waals surface area contributed by atoms with E-state index in [9.17, 15) is 9.59 Å². The average molecular weight is 426 g/mol. The fraction of sp³-hybridized carbons (Fsp3) is 0.364. The number of nitrogens with one attached hydrogen (secondary N) is 1. The Morgan fingerprint density at radius 2 is 1.81 bits per heavy atom. The summed E-state index contributed by atoms with van der Waals surface area (Å²) in [5.41, 5.74) is 1.75. The number of ether oxygens (including phenoxy) is 3. The molecule has 1 N–H and O–H groups in total. The zero-order chi connectivity index (χ0) is 22.5. The quantitative estimate of drug-likeness (QED) is 0.552. The first kappa shape index (κ1) is 22.1. The minimum absolute atomic E-state index is 0.0430. The zero-order valence-electron chi connectivity index (χ0n) is 18.2. The summed E-state index contributed by atoms with van der Waals surface area (Å²) >= 11 is 0. The van der Waals surface area contributed by atoms with Gasteiger partial charge in [0.05, 0.1) is 45.6 Å². The molecule has 0 bridgehead atoms. The second-order valence-corrected chi connectivity index (χ2v) is 7.24. The first-order chi connectivity index (χ1) is 14.9. The van der Waals surface area contributed by atoms with Crippen LogP contribution in [0.4, 0.5) is 0 Å². The molecule has 0 spiro atoms. The van der Waals surface area contributed by atoms with Crippen LogP contribution in [0.15, 0.2) is 36.7 Å². The number of fused-ring (bicyclic) bond motifs is 1. The smallest absolute Gasteiger partial charge is 0.307 e. The van der Waals surface area contributed by atoms with Crippen LogP contribution < -0.4 is 14.8 Å². The number of rotatable bonds is 8. The maximum atomic E-state index is 13.0. The molecule has 0 radical (unpaired) electrons. The minimum Gasteiger partial charge on any atom is -0.493 e. The molecule has 2 heterocycles. The van der Waals surface area contributed by atoms with Crippen molar-refractivity contribution in [1.82, 2.24) is 20.1 Å². The highest BCUT2D eigenvalue weighted by Gasteiger charge is 2.22. The molecule has 31 heavy (non-hydrogen) atoms. The maximum Gasteiger partial charge on any atom is 0.307 e. The Kier molecular flexibility index (Phi) is 6.74. The summed E-state index contributed by atoms with van der Waals surface area (Å²) in [5, 5.41) is 7.98. The van der Waals surface area contributed by atoms with Crippen LogP contribution in [-0.4, -0.2) is 48.0 Å². The highest BCUT2D eigenvalue weighted by atomic mass is 16.5. The molecule has 0 aliphatic carbocycles. The van der Waals surface area contributed by atoms with Gasteiger partial charge in [0.1, 0.15) is 0 Å². The molecule has 0 saturated carbocycles. The van der Waals surface area contributed by atoms with Gasteiger partial charge >= 0.3 is 5.97 Å². The molecule has 3 aromatic rings. The van der Waals surface area contributed by atoms with Crippen LogP contribution in [0, 0.1) is 0 Å². The van der Waals surface area contributed by atoms with E-state index < -0.39 is 12.0 Å². The fourth-order valence-electron chi connectivity index (χ4n) is 3.26. The van der Waals surface area contributed by atoms with Crippen molar-refractivity contribution >= 4 is 22.9 Å². The molecule has 9 heteroatoms. The van der Waals surface area contributed by atoms with Crippen LogP contribution in [0.3, 0.4) is 0 Å². The maximum absolute atomic E-state index is 13.0. The van der Waals surface area contributed by atoms with Gasteiger partial charge in [-0.3, -0.25) is 9.59 Å². The second-order valence-electron chi connectivity index (χ2n) is 7.24. The predicted octanol–water partition coefficient (Wildman–Crippen LogP) is 3.06. The van der Waals surface area contributed by atoms with Crippen LogP contribution in [0.25, 0.3) is 11.0 Å². The summed E-state index contributed by atoms with van der Waals surface area (Å²) in [4.78, 5) is 29.4. The molecule has 0 aliphatic heterocycles. The molecule has 0 unspecified atom stereocenters. The van der Waals surface area contributed by atoms with E-state index in [0.717, 1.165) is 5.39 Å². The summed E-state index contributed by atoms with van der Waals surface area (Å²) in [6.45, 7) is 4.02. The molecule has 164 valence electrons. The number of esters is 1. The van der Waals surface area contributed by atoms with Crippen LogP contribution in [0.2, 0.25) is 0 Å². The van der Waals surface area contributed by atoms with Gasteiger partial charge in [-0.2, -0.15) is 5.10 Å². The Bertz CT molecular complexity index is 1090. The number of benzene rings is 1. The van der Waals surface area contributed by atoms with Crippen molar-refractivity contribution in [3.8, 4) is 11.5 Å². The normalized spacial score (nSPS) is 11.9. The number of amides is 1. The van der Waals surface area contributed by atoms with Gasteiger partial charge < -0.3 is 19.5 Å². The lowest BCUT2D eigenvalue weighted by Gasteiger charge is -2.20. The lowest BCUT2D eigenvalue weighted by Crippen LogP contribution is -2.30.